The standard InChI is InChI=1S/C8H13O6PS/c1-7(2)5(9)11-15(16,13-7)12-6(10)8(3,4)14-15/h16H,1-4H3. The van der Waals surface area contributed by atoms with Gasteiger partial charge in [0, 0.05) is 0 Å². The van der Waals surface area contributed by atoms with Crippen LogP contribution in [0.2, 0.25) is 0 Å². The summed E-state index contributed by atoms with van der Waals surface area (Å²) in [6.45, 7) is 1.63. The quantitative estimate of drug-likeness (QED) is 0.533. The molecule has 92 valence electrons. The van der Waals surface area contributed by atoms with Crippen LogP contribution in [0.25, 0.3) is 0 Å². The molecule has 0 aromatic rings. The molecule has 16 heavy (non-hydrogen) atoms. The van der Waals surface area contributed by atoms with Crippen molar-refractivity contribution >= 4 is 30.9 Å². The average Bonchev–Trinajstić information content (AvgIpc) is 2.25. The molecule has 0 aliphatic carbocycles. The molecule has 2 rings (SSSR count). The molecule has 0 atom stereocenters. The van der Waals surface area contributed by atoms with Crippen LogP contribution in [0.4, 0.5) is 0 Å². The summed E-state index contributed by atoms with van der Waals surface area (Å²) in [5.74, 6) is -1.32. The Labute approximate surface area is 98.0 Å². The van der Waals surface area contributed by atoms with Gasteiger partial charge < -0.3 is 0 Å². The normalized spacial score (nSPS) is 35.2. The van der Waals surface area contributed by atoms with E-state index >= 15 is 0 Å². The van der Waals surface area contributed by atoms with Crippen molar-refractivity contribution in [1.29, 1.82) is 0 Å². The second-order valence-corrected chi connectivity index (χ2v) is 8.97. The van der Waals surface area contributed by atoms with Crippen LogP contribution in [0.15, 0.2) is 0 Å². The first-order chi connectivity index (χ1) is 6.97. The molecule has 6 nitrogen and oxygen atoms in total. The van der Waals surface area contributed by atoms with E-state index in [1.54, 1.807) is 0 Å². The van der Waals surface area contributed by atoms with Gasteiger partial charge in [0.2, 0.25) is 0 Å². The number of carbonyl (C=O) groups is 2. The number of carbonyl (C=O) groups excluding carboxylic acids is 2. The summed E-state index contributed by atoms with van der Waals surface area (Å²) >= 11 is 4.08. The third kappa shape index (κ3) is 1.54. The number of rotatable bonds is 0. The van der Waals surface area contributed by atoms with E-state index in [4.69, 9.17) is 18.1 Å². The first-order valence-corrected chi connectivity index (χ1v) is 7.72. The summed E-state index contributed by atoms with van der Waals surface area (Å²) < 4.78 is 20.7. The molecule has 1 spiro atoms. The predicted molar refractivity (Wildman–Crippen MR) is 58.4 cm³/mol. The van der Waals surface area contributed by atoms with Gasteiger partial charge in [-0.25, -0.2) is 0 Å². The van der Waals surface area contributed by atoms with Crippen molar-refractivity contribution < 1.29 is 27.7 Å². The number of hydrogen-bond acceptors (Lipinski definition) is 7. The first kappa shape index (κ1) is 12.1. The summed E-state index contributed by atoms with van der Waals surface area (Å²) in [5, 5.41) is 0. The molecule has 2 aliphatic rings. The van der Waals surface area contributed by atoms with Crippen molar-refractivity contribution in [1.82, 2.24) is 0 Å². The molecular formula is C8H13O6PS. The fraction of sp³-hybridized carbons (Fsp3) is 0.750. The summed E-state index contributed by atoms with van der Waals surface area (Å²) in [6, 6.07) is 0. The third-order valence-corrected chi connectivity index (χ3v) is 5.66. The Morgan fingerprint density at radius 1 is 0.938 bits per heavy atom. The van der Waals surface area contributed by atoms with Gasteiger partial charge in [-0.1, -0.05) is 0 Å². The van der Waals surface area contributed by atoms with E-state index in [1.165, 1.54) is 27.7 Å². The Hall–Kier alpha value is -0.360. The maximum absolute atomic E-state index is 11.5. The Morgan fingerprint density at radius 2 is 1.25 bits per heavy atom. The van der Waals surface area contributed by atoms with Gasteiger partial charge in [0.15, 0.2) is 0 Å². The Bertz CT molecular complexity index is 367. The van der Waals surface area contributed by atoms with Gasteiger partial charge in [0.25, 0.3) is 0 Å². The fourth-order valence-corrected chi connectivity index (χ4v) is 6.01. The molecule has 0 radical (unpaired) electrons. The van der Waals surface area contributed by atoms with Crippen LogP contribution in [-0.4, -0.2) is 23.1 Å². The molecule has 2 aliphatic heterocycles. The van der Waals surface area contributed by atoms with Crippen LogP contribution in [0, 0.1) is 0 Å². The van der Waals surface area contributed by atoms with Crippen molar-refractivity contribution in [2.75, 3.05) is 0 Å². The maximum atomic E-state index is 11.5. The Morgan fingerprint density at radius 3 is 1.44 bits per heavy atom. The molecule has 2 heterocycles. The van der Waals surface area contributed by atoms with Crippen LogP contribution < -0.4 is 0 Å². The van der Waals surface area contributed by atoms with E-state index < -0.39 is 29.9 Å². The SMILES string of the molecule is CC1(C)OP2(S)(OC1=O)OC(=O)C(C)(C)O2. The number of thiol groups is 1. The van der Waals surface area contributed by atoms with E-state index in [2.05, 4.69) is 12.2 Å². The van der Waals surface area contributed by atoms with Gasteiger partial charge in [0.1, 0.15) is 0 Å². The topological polar surface area (TPSA) is 71.1 Å². The van der Waals surface area contributed by atoms with Crippen molar-refractivity contribution in [2.24, 2.45) is 0 Å². The van der Waals surface area contributed by atoms with Crippen LogP contribution in [0.5, 0.6) is 0 Å². The van der Waals surface area contributed by atoms with E-state index in [0.717, 1.165) is 0 Å². The molecule has 0 unspecified atom stereocenters. The zero-order valence-corrected chi connectivity index (χ0v) is 11.1. The molecule has 0 aromatic carbocycles. The molecule has 0 N–H and O–H groups in total. The van der Waals surface area contributed by atoms with Crippen molar-refractivity contribution in [3.63, 3.8) is 0 Å². The molecular weight excluding hydrogens is 255 g/mol. The van der Waals surface area contributed by atoms with Crippen LogP contribution in [0.3, 0.4) is 0 Å². The molecule has 8 heteroatoms. The van der Waals surface area contributed by atoms with E-state index in [0.29, 0.717) is 0 Å². The van der Waals surface area contributed by atoms with Crippen LogP contribution in [0.1, 0.15) is 27.7 Å². The molecule has 0 saturated carbocycles. The van der Waals surface area contributed by atoms with Crippen molar-refractivity contribution in [3.05, 3.63) is 0 Å². The van der Waals surface area contributed by atoms with Gasteiger partial charge in [-0.15, -0.1) is 0 Å². The Balaban J connectivity index is 2.42. The average molecular weight is 268 g/mol. The summed E-state index contributed by atoms with van der Waals surface area (Å²) in [4.78, 5) is 23.1. The van der Waals surface area contributed by atoms with Crippen molar-refractivity contribution in [3.8, 4) is 0 Å². The fourth-order valence-electron chi connectivity index (χ4n) is 1.45. The summed E-state index contributed by atoms with van der Waals surface area (Å²) in [7, 11) is 0. The van der Waals surface area contributed by atoms with E-state index in [9.17, 15) is 9.59 Å². The van der Waals surface area contributed by atoms with E-state index in [1.807, 2.05) is 0 Å². The van der Waals surface area contributed by atoms with Gasteiger partial charge >= 0.3 is 97.5 Å². The minimum absolute atomic E-state index is 0.661. The molecule has 0 aromatic heterocycles. The zero-order valence-electron chi connectivity index (χ0n) is 9.34. The second-order valence-electron chi connectivity index (χ2n) is 4.73. The predicted octanol–water partition coefficient (Wildman–Crippen LogP) is 1.75. The van der Waals surface area contributed by atoms with Crippen LogP contribution in [-0.2, 0) is 27.7 Å². The molecule has 0 amide bonds. The van der Waals surface area contributed by atoms with Crippen LogP contribution >= 0.6 is 19.0 Å². The first-order valence-electron chi connectivity index (χ1n) is 4.66. The molecule has 2 saturated heterocycles. The van der Waals surface area contributed by atoms with Gasteiger partial charge in [-0.2, -0.15) is 0 Å². The minimum atomic E-state index is -4.35. The third-order valence-electron chi connectivity index (χ3n) is 2.22. The Kier molecular flexibility index (Phi) is 2.06. The molecule has 0 bridgehead atoms. The summed E-state index contributed by atoms with van der Waals surface area (Å²) in [6.07, 6.45) is 0. The second kappa shape index (κ2) is 2.72. The van der Waals surface area contributed by atoms with Gasteiger partial charge in [0.05, 0.1) is 0 Å². The van der Waals surface area contributed by atoms with Gasteiger partial charge in [-0.3, -0.25) is 0 Å². The van der Waals surface area contributed by atoms with E-state index in [-0.39, 0.29) is 0 Å². The summed E-state index contributed by atoms with van der Waals surface area (Å²) in [5.41, 5.74) is -2.47. The monoisotopic (exact) mass is 268 g/mol. The zero-order chi connectivity index (χ0) is 12.4. The van der Waals surface area contributed by atoms with Gasteiger partial charge in [-0.05, 0) is 0 Å². The molecule has 2 fully saturated rings. The number of hydrogen-bond donors (Lipinski definition) is 1. The van der Waals surface area contributed by atoms with Crippen molar-refractivity contribution in [2.45, 2.75) is 38.9 Å².